The smallest absolute Gasteiger partial charge is 0.225 e. The third-order valence-electron chi connectivity index (χ3n) is 6.73. The molecular formula is C25H26FN3O3S. The van der Waals surface area contributed by atoms with Gasteiger partial charge in [0.1, 0.15) is 11.6 Å². The maximum Gasteiger partial charge on any atom is 0.225 e. The molecule has 8 heteroatoms. The molecule has 1 aliphatic heterocycles. The van der Waals surface area contributed by atoms with Crippen LogP contribution in [0.3, 0.4) is 0 Å². The van der Waals surface area contributed by atoms with E-state index in [9.17, 15) is 12.8 Å². The number of rotatable bonds is 7. The molecule has 0 N–H and O–H groups in total. The molecule has 0 spiro atoms. The molecule has 2 aromatic carbocycles. The minimum atomic E-state index is -3.44. The van der Waals surface area contributed by atoms with E-state index in [-0.39, 0.29) is 4.90 Å². The third kappa shape index (κ3) is 4.44. The highest BCUT2D eigenvalue weighted by molar-refractivity contribution is 7.90. The van der Waals surface area contributed by atoms with Crippen LogP contribution in [0.4, 0.5) is 10.3 Å². The summed E-state index contributed by atoms with van der Waals surface area (Å²) < 4.78 is 43.7. The fourth-order valence-electron chi connectivity index (χ4n) is 4.64. The van der Waals surface area contributed by atoms with E-state index < -0.39 is 15.7 Å². The van der Waals surface area contributed by atoms with E-state index in [1.54, 1.807) is 12.1 Å². The third-order valence-corrected chi connectivity index (χ3v) is 7.84. The summed E-state index contributed by atoms with van der Waals surface area (Å²) in [4.78, 5) is 11.2. The topological polar surface area (TPSA) is 72.4 Å². The summed E-state index contributed by atoms with van der Waals surface area (Å²) >= 11 is 0. The molecule has 0 bridgehead atoms. The second kappa shape index (κ2) is 8.41. The van der Waals surface area contributed by atoms with Gasteiger partial charge in [-0.1, -0.05) is 25.1 Å². The molecule has 2 fully saturated rings. The molecule has 0 radical (unpaired) electrons. The van der Waals surface area contributed by atoms with Crippen molar-refractivity contribution in [3.63, 3.8) is 0 Å². The van der Waals surface area contributed by atoms with Gasteiger partial charge in [0, 0.05) is 43.2 Å². The summed E-state index contributed by atoms with van der Waals surface area (Å²) in [6, 6.07) is 11.2. The van der Waals surface area contributed by atoms with Crippen LogP contribution in [0.15, 0.2) is 59.8 Å². The van der Waals surface area contributed by atoms with E-state index >= 15 is 0 Å². The van der Waals surface area contributed by atoms with E-state index in [4.69, 9.17) is 4.74 Å². The normalized spacial score (nSPS) is 21.7. The molecule has 172 valence electrons. The summed E-state index contributed by atoms with van der Waals surface area (Å²) in [5.74, 6) is 2.76. The van der Waals surface area contributed by atoms with Gasteiger partial charge in [-0.25, -0.2) is 22.8 Å². The maximum absolute atomic E-state index is 14.4. The number of halogens is 1. The van der Waals surface area contributed by atoms with Gasteiger partial charge in [-0.15, -0.1) is 0 Å². The minimum Gasteiger partial charge on any atom is -0.493 e. The Kier molecular flexibility index (Phi) is 5.56. The number of piperidine rings is 1. The lowest BCUT2D eigenvalue weighted by Gasteiger charge is -2.19. The molecule has 2 unspecified atom stereocenters. The number of benzene rings is 2. The summed E-state index contributed by atoms with van der Waals surface area (Å²) in [6.07, 6.45) is 5.82. The Labute approximate surface area is 193 Å². The largest absolute Gasteiger partial charge is 0.493 e. The predicted molar refractivity (Wildman–Crippen MR) is 125 cm³/mol. The summed E-state index contributed by atoms with van der Waals surface area (Å²) in [5, 5.41) is 0. The first kappa shape index (κ1) is 21.8. The zero-order valence-corrected chi connectivity index (χ0v) is 19.4. The van der Waals surface area contributed by atoms with Gasteiger partial charge < -0.3 is 9.64 Å². The minimum absolute atomic E-state index is 0.0261. The van der Waals surface area contributed by atoms with Gasteiger partial charge in [0.2, 0.25) is 5.95 Å². The van der Waals surface area contributed by atoms with Gasteiger partial charge in [0.05, 0.1) is 11.5 Å². The molecule has 0 amide bonds. The fourth-order valence-corrected chi connectivity index (χ4v) is 5.27. The van der Waals surface area contributed by atoms with Crippen molar-refractivity contribution in [2.45, 2.75) is 18.2 Å². The molecule has 33 heavy (non-hydrogen) atoms. The van der Waals surface area contributed by atoms with Crippen LogP contribution < -0.4 is 9.64 Å². The van der Waals surface area contributed by atoms with Gasteiger partial charge in [0.25, 0.3) is 0 Å². The second-order valence-electron chi connectivity index (χ2n) is 8.89. The Hall–Kier alpha value is -3.00. The first-order chi connectivity index (χ1) is 15.8. The van der Waals surface area contributed by atoms with Crippen molar-refractivity contribution < 1.29 is 17.5 Å². The lowest BCUT2D eigenvalue weighted by molar-refractivity contribution is 0.283. The van der Waals surface area contributed by atoms with Crippen LogP contribution in [-0.2, 0) is 16.3 Å². The molecule has 6 nitrogen and oxygen atoms in total. The van der Waals surface area contributed by atoms with E-state index in [1.807, 2.05) is 24.5 Å². The molecule has 1 aliphatic carbocycles. The lowest BCUT2D eigenvalue weighted by atomic mass is 10.1. The Bertz CT molecular complexity index is 1250. The molecule has 2 atom stereocenters. The van der Waals surface area contributed by atoms with Crippen LogP contribution in [0.2, 0.25) is 0 Å². The highest BCUT2D eigenvalue weighted by Gasteiger charge is 2.56. The Morgan fingerprint density at radius 3 is 2.30 bits per heavy atom. The Morgan fingerprint density at radius 2 is 1.73 bits per heavy atom. The van der Waals surface area contributed by atoms with Crippen LogP contribution in [0.25, 0.3) is 11.1 Å². The predicted octanol–water partition coefficient (Wildman–Crippen LogP) is 4.01. The van der Waals surface area contributed by atoms with Crippen molar-refractivity contribution >= 4 is 15.8 Å². The SMILES string of the molecule is CCc1cnc(N2CC3C(COc4ccc(-c5ccc(S(C)(=O)=O)cc5F)cc4)C3C2)nc1. The van der Waals surface area contributed by atoms with Crippen LogP contribution in [0.5, 0.6) is 5.75 Å². The van der Waals surface area contributed by atoms with Gasteiger partial charge in [0.15, 0.2) is 9.84 Å². The van der Waals surface area contributed by atoms with E-state index in [1.165, 1.54) is 12.1 Å². The average molecular weight is 468 g/mol. The maximum atomic E-state index is 14.4. The molecule has 3 aromatic rings. The number of aryl methyl sites for hydroxylation is 1. The first-order valence-electron chi connectivity index (χ1n) is 11.1. The van der Waals surface area contributed by atoms with Crippen LogP contribution >= 0.6 is 0 Å². The summed E-state index contributed by atoms with van der Waals surface area (Å²) in [6.45, 7) is 4.69. The number of aromatic nitrogens is 2. The zero-order chi connectivity index (χ0) is 23.2. The summed E-state index contributed by atoms with van der Waals surface area (Å²) in [5.41, 5.74) is 2.18. The molecule has 5 rings (SSSR count). The number of fused-ring (bicyclic) bond motifs is 1. The molecule has 1 saturated heterocycles. The van der Waals surface area contributed by atoms with E-state index in [0.29, 0.717) is 35.5 Å². The Morgan fingerprint density at radius 1 is 1.06 bits per heavy atom. The van der Waals surface area contributed by atoms with E-state index in [2.05, 4.69) is 21.8 Å². The van der Waals surface area contributed by atoms with Crippen molar-refractivity contribution in [3.05, 3.63) is 66.2 Å². The summed E-state index contributed by atoms with van der Waals surface area (Å²) in [7, 11) is -3.44. The number of hydrogen-bond acceptors (Lipinski definition) is 6. The van der Waals surface area contributed by atoms with Crippen LogP contribution in [-0.4, -0.2) is 44.3 Å². The second-order valence-corrected chi connectivity index (χ2v) is 10.9. The van der Waals surface area contributed by atoms with Crippen molar-refractivity contribution in [2.75, 3.05) is 30.9 Å². The average Bonchev–Trinajstić information content (AvgIpc) is 3.26. The first-order valence-corrected chi connectivity index (χ1v) is 13.0. The van der Waals surface area contributed by atoms with E-state index in [0.717, 1.165) is 49.1 Å². The van der Waals surface area contributed by atoms with Crippen molar-refractivity contribution in [1.82, 2.24) is 9.97 Å². The molecule has 2 heterocycles. The monoisotopic (exact) mass is 467 g/mol. The Balaban J connectivity index is 1.15. The number of anilines is 1. The van der Waals surface area contributed by atoms with Gasteiger partial charge in [-0.05, 0) is 53.6 Å². The van der Waals surface area contributed by atoms with Gasteiger partial charge in [-0.2, -0.15) is 0 Å². The number of ether oxygens (including phenoxy) is 1. The van der Waals surface area contributed by atoms with Crippen molar-refractivity contribution in [1.29, 1.82) is 0 Å². The molecular weight excluding hydrogens is 441 g/mol. The number of nitrogens with zero attached hydrogens (tertiary/aromatic N) is 3. The number of sulfone groups is 1. The molecule has 1 aromatic heterocycles. The number of hydrogen-bond donors (Lipinski definition) is 0. The van der Waals surface area contributed by atoms with Crippen LogP contribution in [0, 0.1) is 23.6 Å². The van der Waals surface area contributed by atoms with Gasteiger partial charge in [-0.3, -0.25) is 0 Å². The zero-order valence-electron chi connectivity index (χ0n) is 18.6. The van der Waals surface area contributed by atoms with Gasteiger partial charge >= 0.3 is 0 Å². The fraction of sp³-hybridized carbons (Fsp3) is 0.360. The van der Waals surface area contributed by atoms with Crippen molar-refractivity contribution in [3.8, 4) is 16.9 Å². The lowest BCUT2D eigenvalue weighted by Crippen LogP contribution is -2.27. The standard InChI is InChI=1S/C25H26FN3O3S/c1-3-16-11-27-25(28-12-16)29-13-21-22(14-29)23(21)15-32-18-6-4-17(5-7-18)20-9-8-19(10-24(20)26)33(2,30)31/h4-12,21-23H,3,13-15H2,1-2H3. The molecule has 1 saturated carbocycles. The van der Waals surface area contributed by atoms with Crippen molar-refractivity contribution in [2.24, 2.45) is 17.8 Å². The molecule has 2 aliphatic rings. The quantitative estimate of drug-likeness (QED) is 0.523. The highest BCUT2D eigenvalue weighted by Crippen LogP contribution is 2.52. The van der Waals surface area contributed by atoms with Crippen LogP contribution in [0.1, 0.15) is 12.5 Å². The highest BCUT2D eigenvalue weighted by atomic mass is 32.2.